The number of carboxylic acid groups (broad SMARTS) is 1. The maximum absolute atomic E-state index is 10.7. The molecule has 0 rings (SSSR count). The molecular formula is C10H16NNaO3. The molecule has 0 aromatic carbocycles. The van der Waals surface area contributed by atoms with E-state index >= 15 is 0 Å². The Bertz CT molecular complexity index is 237. The van der Waals surface area contributed by atoms with E-state index in [9.17, 15) is 4.79 Å². The summed E-state index contributed by atoms with van der Waals surface area (Å²) in [5.41, 5.74) is 0.559. The number of rotatable bonds is 3. The zero-order valence-electron chi connectivity index (χ0n) is 9.79. The monoisotopic (exact) mass is 221 g/mol. The Morgan fingerprint density at radius 3 is 1.80 bits per heavy atom. The predicted molar refractivity (Wildman–Crippen MR) is 53.3 cm³/mol. The Hall–Kier alpha value is -0.580. The Kier molecular flexibility index (Phi) is 15.3. The van der Waals surface area contributed by atoms with Gasteiger partial charge in [0.05, 0.1) is 5.97 Å². The molecule has 0 spiro atoms. The van der Waals surface area contributed by atoms with Gasteiger partial charge in [-0.3, -0.25) is 4.79 Å². The quantitative estimate of drug-likeness (QED) is 0.408. The van der Waals surface area contributed by atoms with Gasteiger partial charge in [0.15, 0.2) is 0 Å². The maximum atomic E-state index is 10.7. The predicted octanol–water partition coefficient (Wildman–Crippen LogP) is -2.99. The van der Waals surface area contributed by atoms with Crippen molar-refractivity contribution < 1.29 is 44.3 Å². The van der Waals surface area contributed by atoms with Crippen LogP contribution < -0.4 is 40.0 Å². The van der Waals surface area contributed by atoms with E-state index < -0.39 is 5.97 Å². The summed E-state index contributed by atoms with van der Waals surface area (Å²) in [5.74, 6) is -1.30. The summed E-state index contributed by atoms with van der Waals surface area (Å²) >= 11 is 0. The molecular weight excluding hydrogens is 205 g/mol. The fourth-order valence-electron chi connectivity index (χ4n) is 0.385. The average molecular weight is 221 g/mol. The molecule has 15 heavy (non-hydrogen) atoms. The number of hydrogen-bond donors (Lipinski definition) is 1. The van der Waals surface area contributed by atoms with Crippen LogP contribution in [-0.2, 0) is 9.59 Å². The minimum absolute atomic E-state index is 0. The van der Waals surface area contributed by atoms with Crippen LogP contribution >= 0.6 is 0 Å². The second kappa shape index (κ2) is 11.5. The third kappa shape index (κ3) is 19.7. The first-order valence-corrected chi connectivity index (χ1v) is 4.11. The van der Waals surface area contributed by atoms with Crippen LogP contribution in [0.3, 0.4) is 0 Å². The van der Waals surface area contributed by atoms with Gasteiger partial charge in [0, 0.05) is 11.6 Å². The van der Waals surface area contributed by atoms with Gasteiger partial charge in [-0.05, 0) is 26.8 Å². The van der Waals surface area contributed by atoms with E-state index in [2.05, 4.69) is 18.5 Å². The van der Waals surface area contributed by atoms with Crippen molar-refractivity contribution in [3.05, 3.63) is 24.8 Å². The standard InChI is InChI=1S/C7H13NO.C3H4O2.Na/c1-5(2)7(9)8-6(3)4;1-2-3(4)5;/h6H,1H2,2-4H3,(H,8,9);2H,1H2,(H,4,5);/q;;+1/p-1. The van der Waals surface area contributed by atoms with E-state index in [1.54, 1.807) is 6.92 Å². The van der Waals surface area contributed by atoms with Crippen LogP contribution in [0, 0.1) is 0 Å². The van der Waals surface area contributed by atoms with Crippen LogP contribution in [0.5, 0.6) is 0 Å². The molecule has 80 valence electrons. The number of amides is 1. The van der Waals surface area contributed by atoms with Crippen LogP contribution in [0.4, 0.5) is 0 Å². The van der Waals surface area contributed by atoms with E-state index in [-0.39, 0.29) is 41.5 Å². The van der Waals surface area contributed by atoms with Crippen LogP contribution in [-0.4, -0.2) is 17.9 Å². The Labute approximate surface area is 113 Å². The number of carbonyl (C=O) groups excluding carboxylic acids is 2. The molecule has 0 saturated heterocycles. The van der Waals surface area contributed by atoms with Crippen molar-refractivity contribution in [1.82, 2.24) is 5.32 Å². The topological polar surface area (TPSA) is 69.2 Å². The van der Waals surface area contributed by atoms with Gasteiger partial charge in [-0.15, -0.1) is 0 Å². The number of aliphatic carboxylic acids is 1. The summed E-state index contributed by atoms with van der Waals surface area (Å²) in [6.45, 7) is 11.9. The maximum Gasteiger partial charge on any atom is 1.00 e. The molecule has 0 saturated carbocycles. The van der Waals surface area contributed by atoms with Crippen molar-refractivity contribution in [2.45, 2.75) is 26.8 Å². The smallest absolute Gasteiger partial charge is 0.545 e. The van der Waals surface area contributed by atoms with Gasteiger partial charge in [0.2, 0.25) is 5.91 Å². The van der Waals surface area contributed by atoms with Crippen LogP contribution in [0.15, 0.2) is 24.8 Å². The Morgan fingerprint density at radius 1 is 1.40 bits per heavy atom. The van der Waals surface area contributed by atoms with Crippen molar-refractivity contribution in [1.29, 1.82) is 0 Å². The fourth-order valence-corrected chi connectivity index (χ4v) is 0.385. The molecule has 1 amide bonds. The molecule has 0 aliphatic heterocycles. The molecule has 1 N–H and O–H groups in total. The van der Waals surface area contributed by atoms with E-state index in [1.165, 1.54) is 0 Å². The van der Waals surface area contributed by atoms with Gasteiger partial charge in [0.1, 0.15) is 0 Å². The first-order chi connectivity index (χ1) is 6.31. The first kappa shape index (κ1) is 19.9. The fraction of sp³-hybridized carbons (Fsp3) is 0.400. The minimum atomic E-state index is -1.23. The number of carboxylic acids is 1. The second-order valence-corrected chi connectivity index (χ2v) is 2.93. The van der Waals surface area contributed by atoms with E-state index in [4.69, 9.17) is 9.90 Å². The van der Waals surface area contributed by atoms with Crippen molar-refractivity contribution in [3.63, 3.8) is 0 Å². The van der Waals surface area contributed by atoms with Gasteiger partial charge >= 0.3 is 29.6 Å². The van der Waals surface area contributed by atoms with Crippen molar-refractivity contribution >= 4 is 11.9 Å². The largest absolute Gasteiger partial charge is 1.00 e. The summed E-state index contributed by atoms with van der Waals surface area (Å²) in [5, 5.41) is 11.8. The summed E-state index contributed by atoms with van der Waals surface area (Å²) < 4.78 is 0. The average Bonchev–Trinajstić information content (AvgIpc) is 2.04. The van der Waals surface area contributed by atoms with E-state index in [0.717, 1.165) is 6.08 Å². The SMILES string of the molecule is C=C(C)C(=O)NC(C)C.C=CC(=O)[O-].[Na+]. The summed E-state index contributed by atoms with van der Waals surface area (Å²) in [4.78, 5) is 19.9. The van der Waals surface area contributed by atoms with E-state index in [1.807, 2.05) is 13.8 Å². The zero-order chi connectivity index (χ0) is 11.7. The molecule has 0 bridgehead atoms. The third-order valence-corrected chi connectivity index (χ3v) is 0.974. The summed E-state index contributed by atoms with van der Waals surface area (Å²) in [6, 6.07) is 0.203. The van der Waals surface area contributed by atoms with Crippen molar-refractivity contribution in [3.8, 4) is 0 Å². The Balaban J connectivity index is -0.000000208. The molecule has 4 nitrogen and oxygen atoms in total. The van der Waals surface area contributed by atoms with Crippen molar-refractivity contribution in [2.75, 3.05) is 0 Å². The number of carbonyl (C=O) groups is 2. The minimum Gasteiger partial charge on any atom is -0.545 e. The molecule has 0 radical (unpaired) electrons. The molecule has 0 aromatic heterocycles. The third-order valence-electron chi connectivity index (χ3n) is 0.974. The molecule has 0 aliphatic rings. The van der Waals surface area contributed by atoms with Gasteiger partial charge in [-0.1, -0.05) is 13.2 Å². The number of nitrogens with one attached hydrogen (secondary N) is 1. The van der Waals surface area contributed by atoms with Gasteiger partial charge < -0.3 is 15.2 Å². The van der Waals surface area contributed by atoms with Gasteiger partial charge in [-0.2, -0.15) is 0 Å². The summed E-state index contributed by atoms with van der Waals surface area (Å²) in [7, 11) is 0. The molecule has 0 unspecified atom stereocenters. The molecule has 0 aliphatic carbocycles. The number of hydrogen-bond acceptors (Lipinski definition) is 3. The van der Waals surface area contributed by atoms with Gasteiger partial charge in [0.25, 0.3) is 0 Å². The van der Waals surface area contributed by atoms with Crippen molar-refractivity contribution in [2.24, 2.45) is 0 Å². The Morgan fingerprint density at radius 2 is 1.73 bits per heavy atom. The van der Waals surface area contributed by atoms with Crippen LogP contribution in [0.1, 0.15) is 20.8 Å². The molecule has 0 atom stereocenters. The molecule has 0 fully saturated rings. The second-order valence-electron chi connectivity index (χ2n) is 2.93. The molecule has 0 aromatic rings. The van der Waals surface area contributed by atoms with E-state index in [0.29, 0.717) is 5.57 Å². The van der Waals surface area contributed by atoms with Gasteiger partial charge in [-0.25, -0.2) is 0 Å². The molecule has 5 heteroatoms. The summed E-state index contributed by atoms with van der Waals surface area (Å²) in [6.07, 6.45) is 0.722. The van der Waals surface area contributed by atoms with Crippen LogP contribution in [0.25, 0.3) is 0 Å². The molecule has 0 heterocycles. The first-order valence-electron chi connectivity index (χ1n) is 4.11. The normalized spacial score (nSPS) is 7.73. The van der Waals surface area contributed by atoms with Crippen LogP contribution in [0.2, 0.25) is 0 Å². The zero-order valence-corrected chi connectivity index (χ0v) is 11.8.